The lowest BCUT2D eigenvalue weighted by molar-refractivity contribution is 0.00290. The van der Waals surface area contributed by atoms with E-state index < -0.39 is 6.10 Å². The molecular weight excluding hydrogens is 178 g/mol. The summed E-state index contributed by atoms with van der Waals surface area (Å²) < 4.78 is 5.44. The van der Waals surface area contributed by atoms with Crippen molar-refractivity contribution in [3.05, 3.63) is 0 Å². The minimum absolute atomic E-state index is 0.499. The Balaban J connectivity index is 3.40. The van der Waals surface area contributed by atoms with Gasteiger partial charge in [0, 0.05) is 13.1 Å². The van der Waals surface area contributed by atoms with Gasteiger partial charge in [-0.2, -0.15) is 0 Å². The van der Waals surface area contributed by atoms with Gasteiger partial charge in [0.1, 0.15) is 0 Å². The molecule has 0 heterocycles. The number of nitrogens with zero attached hydrogens (tertiary/aromatic N) is 1. The first-order valence-electron chi connectivity index (χ1n) is 5.66. The highest BCUT2D eigenvalue weighted by Crippen LogP contribution is 1.96. The standard InChI is InChI=1S/C11H24NO2/c1-4-7-12(8-5-2)10-14-9-6-11(3)13/h11H,4-10H2,1-3H3. The average molecular weight is 202 g/mol. The van der Waals surface area contributed by atoms with Gasteiger partial charge in [-0.05, 0) is 26.2 Å². The van der Waals surface area contributed by atoms with E-state index in [1.165, 1.54) is 0 Å². The van der Waals surface area contributed by atoms with E-state index in [2.05, 4.69) is 18.7 Å². The predicted octanol–water partition coefficient (Wildman–Crippen LogP) is 2.29. The lowest BCUT2D eigenvalue weighted by atomic mass is 10.3. The summed E-state index contributed by atoms with van der Waals surface area (Å²) in [5, 5.41) is 10.7. The number of rotatable bonds is 9. The topological polar surface area (TPSA) is 32.4 Å². The Morgan fingerprint density at radius 2 is 1.79 bits per heavy atom. The van der Waals surface area contributed by atoms with E-state index in [0.717, 1.165) is 25.9 Å². The Morgan fingerprint density at radius 3 is 2.21 bits per heavy atom. The second kappa shape index (κ2) is 9.44. The molecule has 0 aliphatic carbocycles. The largest absolute Gasteiger partial charge is 0.366 e. The first kappa shape index (κ1) is 13.9. The Bertz CT molecular complexity index is 112. The minimum atomic E-state index is -0.499. The van der Waals surface area contributed by atoms with Crippen LogP contribution in [0.25, 0.3) is 0 Å². The van der Waals surface area contributed by atoms with Crippen molar-refractivity contribution in [3.63, 3.8) is 0 Å². The molecule has 0 rings (SSSR count). The van der Waals surface area contributed by atoms with Gasteiger partial charge in [0.2, 0.25) is 0 Å². The number of hydrogen-bond acceptors (Lipinski definition) is 2. The first-order chi connectivity index (χ1) is 6.70. The fraction of sp³-hybridized carbons (Fsp3) is 1.00. The van der Waals surface area contributed by atoms with Crippen LogP contribution in [-0.4, -0.2) is 37.4 Å². The van der Waals surface area contributed by atoms with Crippen LogP contribution in [0, 0.1) is 0 Å². The quantitative estimate of drug-likeness (QED) is 0.424. The van der Waals surface area contributed by atoms with Gasteiger partial charge in [-0.15, -0.1) is 0 Å². The maximum absolute atomic E-state index is 10.7. The van der Waals surface area contributed by atoms with E-state index in [4.69, 9.17) is 4.74 Å². The van der Waals surface area contributed by atoms with Crippen molar-refractivity contribution in [2.24, 2.45) is 0 Å². The molecule has 3 heteroatoms. The summed E-state index contributed by atoms with van der Waals surface area (Å²) in [5.74, 6) is 0. The van der Waals surface area contributed by atoms with Crippen LogP contribution in [0.3, 0.4) is 0 Å². The summed E-state index contributed by atoms with van der Waals surface area (Å²) in [6.45, 7) is 9.45. The number of ether oxygens (including phenoxy) is 1. The van der Waals surface area contributed by atoms with Gasteiger partial charge in [-0.3, -0.25) is 4.90 Å². The molecule has 0 fully saturated rings. The van der Waals surface area contributed by atoms with Crippen molar-refractivity contribution < 1.29 is 9.84 Å². The van der Waals surface area contributed by atoms with Crippen molar-refractivity contribution in [3.8, 4) is 0 Å². The highest BCUT2D eigenvalue weighted by atomic mass is 16.5. The van der Waals surface area contributed by atoms with Gasteiger partial charge in [-0.25, -0.2) is 5.11 Å². The third-order valence-corrected chi connectivity index (χ3v) is 2.02. The molecule has 0 amide bonds. The van der Waals surface area contributed by atoms with E-state index >= 15 is 0 Å². The Hall–Kier alpha value is -0.120. The zero-order valence-corrected chi connectivity index (χ0v) is 9.79. The lowest BCUT2D eigenvalue weighted by Crippen LogP contribution is -2.28. The van der Waals surface area contributed by atoms with Gasteiger partial charge in [0.05, 0.1) is 19.4 Å². The lowest BCUT2D eigenvalue weighted by Gasteiger charge is -2.20. The van der Waals surface area contributed by atoms with Gasteiger partial charge < -0.3 is 4.74 Å². The normalized spacial score (nSPS) is 13.5. The molecule has 14 heavy (non-hydrogen) atoms. The van der Waals surface area contributed by atoms with Crippen LogP contribution in [0.4, 0.5) is 0 Å². The van der Waals surface area contributed by atoms with Crippen LogP contribution in [0.1, 0.15) is 40.0 Å². The molecule has 0 aliphatic rings. The molecular formula is C11H24NO2. The summed E-state index contributed by atoms with van der Waals surface area (Å²) in [5.41, 5.74) is 0. The molecule has 0 spiro atoms. The van der Waals surface area contributed by atoms with Gasteiger partial charge in [0.15, 0.2) is 0 Å². The van der Waals surface area contributed by atoms with Gasteiger partial charge in [0.25, 0.3) is 0 Å². The summed E-state index contributed by atoms with van der Waals surface area (Å²) in [6, 6.07) is 0. The Labute approximate surface area is 88.1 Å². The second-order valence-corrected chi connectivity index (χ2v) is 3.75. The van der Waals surface area contributed by atoms with Gasteiger partial charge >= 0.3 is 0 Å². The molecule has 0 aliphatic heterocycles. The maximum atomic E-state index is 10.7. The zero-order valence-electron chi connectivity index (χ0n) is 9.79. The van der Waals surface area contributed by atoms with E-state index in [1.54, 1.807) is 6.92 Å². The average Bonchev–Trinajstić information content (AvgIpc) is 2.12. The van der Waals surface area contributed by atoms with Crippen molar-refractivity contribution in [2.45, 2.75) is 46.1 Å². The highest BCUT2D eigenvalue weighted by Gasteiger charge is 2.02. The molecule has 85 valence electrons. The summed E-state index contributed by atoms with van der Waals surface area (Å²) in [6.07, 6.45) is 2.43. The maximum Gasteiger partial charge on any atom is 0.0990 e. The van der Waals surface area contributed by atoms with Crippen LogP contribution in [-0.2, 0) is 9.84 Å². The van der Waals surface area contributed by atoms with Crippen LogP contribution < -0.4 is 0 Å². The summed E-state index contributed by atoms with van der Waals surface area (Å²) in [7, 11) is 0. The molecule has 1 radical (unpaired) electrons. The molecule has 0 aromatic heterocycles. The first-order valence-corrected chi connectivity index (χ1v) is 5.66. The van der Waals surface area contributed by atoms with Crippen LogP contribution in [0.15, 0.2) is 0 Å². The van der Waals surface area contributed by atoms with Crippen LogP contribution >= 0.6 is 0 Å². The monoisotopic (exact) mass is 202 g/mol. The SMILES string of the molecule is CCCN(CCC)COCCC(C)[O]. The molecule has 3 nitrogen and oxygen atoms in total. The second-order valence-electron chi connectivity index (χ2n) is 3.75. The van der Waals surface area contributed by atoms with E-state index in [1.807, 2.05) is 0 Å². The summed E-state index contributed by atoms with van der Waals surface area (Å²) >= 11 is 0. The minimum Gasteiger partial charge on any atom is -0.366 e. The van der Waals surface area contributed by atoms with Crippen LogP contribution in [0.2, 0.25) is 0 Å². The smallest absolute Gasteiger partial charge is 0.0990 e. The van der Waals surface area contributed by atoms with Crippen molar-refractivity contribution in [2.75, 3.05) is 26.4 Å². The molecule has 0 aromatic carbocycles. The van der Waals surface area contributed by atoms with E-state index in [9.17, 15) is 5.11 Å². The molecule has 1 atom stereocenters. The third-order valence-electron chi connectivity index (χ3n) is 2.02. The third kappa shape index (κ3) is 8.48. The zero-order chi connectivity index (χ0) is 10.8. The fourth-order valence-corrected chi connectivity index (χ4v) is 1.32. The van der Waals surface area contributed by atoms with Gasteiger partial charge in [-0.1, -0.05) is 13.8 Å². The highest BCUT2D eigenvalue weighted by molar-refractivity contribution is 4.51. The molecule has 0 bridgehead atoms. The molecule has 1 unspecified atom stereocenters. The van der Waals surface area contributed by atoms with Crippen molar-refractivity contribution in [1.29, 1.82) is 0 Å². The van der Waals surface area contributed by atoms with Crippen molar-refractivity contribution in [1.82, 2.24) is 4.90 Å². The Morgan fingerprint density at radius 1 is 1.21 bits per heavy atom. The van der Waals surface area contributed by atoms with Crippen molar-refractivity contribution >= 4 is 0 Å². The molecule has 0 N–H and O–H groups in total. The molecule has 0 saturated heterocycles. The number of hydrogen-bond donors (Lipinski definition) is 0. The Kier molecular flexibility index (Phi) is 9.35. The van der Waals surface area contributed by atoms with Crippen LogP contribution in [0.5, 0.6) is 0 Å². The molecule has 0 saturated carbocycles. The predicted molar refractivity (Wildman–Crippen MR) is 57.7 cm³/mol. The van der Waals surface area contributed by atoms with E-state index in [-0.39, 0.29) is 0 Å². The fourth-order valence-electron chi connectivity index (χ4n) is 1.32. The summed E-state index contributed by atoms with van der Waals surface area (Å²) in [4.78, 5) is 2.29. The molecule has 0 aromatic rings. The van der Waals surface area contributed by atoms with E-state index in [0.29, 0.717) is 19.8 Å².